The van der Waals surface area contributed by atoms with Crippen LogP contribution in [0.25, 0.3) is 17.1 Å². The highest BCUT2D eigenvalue weighted by Crippen LogP contribution is 2.36. The fraction of sp³-hybridized carbons (Fsp3) is 0.227. The summed E-state index contributed by atoms with van der Waals surface area (Å²) in [5, 5.41) is 4.32. The minimum Gasteiger partial charge on any atom is -0.497 e. The Balaban J connectivity index is 1.92. The van der Waals surface area contributed by atoms with Crippen molar-refractivity contribution in [3.63, 3.8) is 0 Å². The molecule has 0 saturated heterocycles. The van der Waals surface area contributed by atoms with Crippen molar-refractivity contribution in [1.82, 2.24) is 19.7 Å². The fourth-order valence-electron chi connectivity index (χ4n) is 3.47. The Labute approximate surface area is 194 Å². The van der Waals surface area contributed by atoms with Crippen LogP contribution in [0.15, 0.2) is 41.2 Å². The lowest BCUT2D eigenvalue weighted by Gasteiger charge is -2.11. The number of H-pyrrole nitrogens is 1. The molecule has 0 saturated carbocycles. The molecule has 2 aliphatic heterocycles. The SMILES string of the molecule is COc1cccc(Cc2nc3n(-c4c(Cl)cc(Cl)cc4Cl)[nH]c(C(C)C)c-3c(=O)n2)c1. The average Bonchev–Trinajstić information content (AvgIpc) is 3.07. The molecule has 0 atom stereocenters. The van der Waals surface area contributed by atoms with Gasteiger partial charge in [0, 0.05) is 11.4 Å². The molecule has 0 aliphatic carbocycles. The zero-order valence-corrected chi connectivity index (χ0v) is 19.3. The molecular formula is C22H19Cl3N4O2. The van der Waals surface area contributed by atoms with Crippen LogP contribution in [-0.2, 0) is 6.42 Å². The van der Waals surface area contributed by atoms with Gasteiger partial charge in [0.2, 0.25) is 0 Å². The van der Waals surface area contributed by atoms with Gasteiger partial charge in [-0.3, -0.25) is 9.89 Å². The van der Waals surface area contributed by atoms with Crippen LogP contribution in [0, 0.1) is 0 Å². The Morgan fingerprint density at radius 1 is 1.10 bits per heavy atom. The predicted octanol–water partition coefficient (Wildman–Crippen LogP) is 5.74. The molecule has 1 N–H and O–H groups in total. The first-order chi connectivity index (χ1) is 14.8. The number of halogens is 3. The van der Waals surface area contributed by atoms with Crippen molar-refractivity contribution < 1.29 is 4.74 Å². The van der Waals surface area contributed by atoms with E-state index in [9.17, 15) is 4.79 Å². The van der Waals surface area contributed by atoms with Crippen LogP contribution < -0.4 is 10.3 Å². The first-order valence-corrected chi connectivity index (χ1v) is 10.7. The first-order valence-electron chi connectivity index (χ1n) is 9.58. The molecule has 0 spiro atoms. The zero-order chi connectivity index (χ0) is 22.3. The number of benzene rings is 2. The number of aromatic nitrogens is 4. The monoisotopic (exact) mass is 476 g/mol. The molecule has 4 rings (SSSR count). The van der Waals surface area contributed by atoms with E-state index in [0.717, 1.165) is 11.3 Å². The third-order valence-electron chi connectivity index (χ3n) is 4.90. The summed E-state index contributed by atoms with van der Waals surface area (Å²) in [6.45, 7) is 3.95. The van der Waals surface area contributed by atoms with Crippen molar-refractivity contribution in [2.24, 2.45) is 0 Å². The Morgan fingerprint density at radius 3 is 2.45 bits per heavy atom. The quantitative estimate of drug-likeness (QED) is 0.397. The van der Waals surface area contributed by atoms with E-state index in [0.29, 0.717) is 50.1 Å². The van der Waals surface area contributed by atoms with Crippen LogP contribution in [0.2, 0.25) is 15.1 Å². The minimum absolute atomic E-state index is 0.0223. The van der Waals surface area contributed by atoms with Gasteiger partial charge in [-0.05, 0) is 35.7 Å². The third kappa shape index (κ3) is 4.15. The second kappa shape index (κ2) is 8.54. The van der Waals surface area contributed by atoms with E-state index in [1.165, 1.54) is 0 Å². The summed E-state index contributed by atoms with van der Waals surface area (Å²) in [6, 6.07) is 10.7. The first kappa shape index (κ1) is 21.7. The van der Waals surface area contributed by atoms with Crippen LogP contribution in [0.3, 0.4) is 0 Å². The Kier molecular flexibility index (Phi) is 5.97. The lowest BCUT2D eigenvalue weighted by molar-refractivity contribution is 0.414. The summed E-state index contributed by atoms with van der Waals surface area (Å²) in [5.41, 5.74) is 2.14. The van der Waals surface area contributed by atoms with Crippen LogP contribution in [-0.4, -0.2) is 26.9 Å². The Morgan fingerprint density at radius 2 is 1.81 bits per heavy atom. The summed E-state index contributed by atoms with van der Waals surface area (Å²) in [7, 11) is 1.60. The van der Waals surface area contributed by atoms with Crippen molar-refractivity contribution in [2.45, 2.75) is 26.2 Å². The fourth-order valence-corrected chi connectivity index (χ4v) is 4.46. The maximum Gasteiger partial charge on any atom is 0.284 e. The van der Waals surface area contributed by atoms with E-state index in [-0.39, 0.29) is 11.5 Å². The van der Waals surface area contributed by atoms with Crippen molar-refractivity contribution >= 4 is 34.8 Å². The third-order valence-corrected chi connectivity index (χ3v) is 5.69. The number of rotatable bonds is 5. The van der Waals surface area contributed by atoms with Crippen molar-refractivity contribution in [3.8, 4) is 22.8 Å². The molecule has 0 radical (unpaired) electrons. The Hall–Kier alpha value is -2.54. The second-order valence-electron chi connectivity index (χ2n) is 7.41. The van der Waals surface area contributed by atoms with E-state index >= 15 is 0 Å². The molecule has 31 heavy (non-hydrogen) atoms. The van der Waals surface area contributed by atoms with E-state index in [1.54, 1.807) is 23.9 Å². The number of hydrogen-bond donors (Lipinski definition) is 1. The predicted molar refractivity (Wildman–Crippen MR) is 124 cm³/mol. The van der Waals surface area contributed by atoms with Gasteiger partial charge in [0.05, 0.1) is 22.8 Å². The lowest BCUT2D eigenvalue weighted by atomic mass is 10.1. The van der Waals surface area contributed by atoms with Gasteiger partial charge in [-0.15, -0.1) is 0 Å². The molecule has 2 aromatic carbocycles. The van der Waals surface area contributed by atoms with Gasteiger partial charge in [-0.1, -0.05) is 60.8 Å². The average molecular weight is 478 g/mol. The minimum atomic E-state index is -0.359. The number of aromatic amines is 1. The maximum atomic E-state index is 13.0. The van der Waals surface area contributed by atoms with Gasteiger partial charge in [-0.25, -0.2) is 9.67 Å². The van der Waals surface area contributed by atoms with E-state index in [1.807, 2.05) is 38.1 Å². The number of ether oxygens (including phenoxy) is 1. The molecule has 0 fully saturated rings. The summed E-state index contributed by atoms with van der Waals surface area (Å²) < 4.78 is 6.91. The van der Waals surface area contributed by atoms with Crippen LogP contribution in [0.1, 0.15) is 36.8 Å². The summed E-state index contributed by atoms with van der Waals surface area (Å²) in [5.74, 6) is 1.54. The molecule has 160 valence electrons. The number of nitrogens with zero attached hydrogens (tertiary/aromatic N) is 3. The Bertz CT molecular complexity index is 1270. The highest BCUT2D eigenvalue weighted by atomic mass is 35.5. The molecule has 0 aromatic heterocycles. The van der Waals surface area contributed by atoms with E-state index in [4.69, 9.17) is 44.5 Å². The molecule has 0 bridgehead atoms. The van der Waals surface area contributed by atoms with Crippen LogP contribution in [0.5, 0.6) is 5.75 Å². The highest BCUT2D eigenvalue weighted by Gasteiger charge is 2.27. The van der Waals surface area contributed by atoms with Gasteiger partial charge < -0.3 is 4.74 Å². The van der Waals surface area contributed by atoms with Crippen molar-refractivity contribution in [2.75, 3.05) is 7.11 Å². The second-order valence-corrected chi connectivity index (χ2v) is 8.66. The number of methoxy groups -OCH3 is 1. The molecule has 2 heterocycles. The normalized spacial score (nSPS) is 11.5. The molecule has 9 heteroatoms. The molecule has 6 nitrogen and oxygen atoms in total. The molecule has 2 aliphatic rings. The number of fused-ring (bicyclic) bond motifs is 1. The highest BCUT2D eigenvalue weighted by molar-refractivity contribution is 6.40. The lowest BCUT2D eigenvalue weighted by Crippen LogP contribution is -2.18. The van der Waals surface area contributed by atoms with Crippen molar-refractivity contribution in [1.29, 1.82) is 0 Å². The number of nitrogens with one attached hydrogen (secondary N) is 1. The summed E-state index contributed by atoms with van der Waals surface area (Å²) in [4.78, 5) is 21.9. The van der Waals surface area contributed by atoms with Gasteiger partial charge in [0.1, 0.15) is 22.8 Å². The molecule has 0 unspecified atom stereocenters. The maximum absolute atomic E-state index is 13.0. The van der Waals surface area contributed by atoms with Gasteiger partial charge in [0.25, 0.3) is 5.56 Å². The largest absolute Gasteiger partial charge is 0.497 e. The van der Waals surface area contributed by atoms with E-state index in [2.05, 4.69) is 10.1 Å². The smallest absolute Gasteiger partial charge is 0.284 e. The van der Waals surface area contributed by atoms with Crippen LogP contribution >= 0.6 is 34.8 Å². The number of hydrogen-bond acceptors (Lipinski definition) is 4. The molecular weight excluding hydrogens is 459 g/mol. The topological polar surface area (TPSA) is 72.8 Å². The summed E-state index contributed by atoms with van der Waals surface area (Å²) in [6.07, 6.45) is 0.368. The van der Waals surface area contributed by atoms with E-state index < -0.39 is 0 Å². The van der Waals surface area contributed by atoms with Crippen LogP contribution in [0.4, 0.5) is 0 Å². The van der Waals surface area contributed by atoms with Gasteiger partial charge >= 0.3 is 0 Å². The van der Waals surface area contributed by atoms with Gasteiger partial charge in [0.15, 0.2) is 5.82 Å². The standard InChI is InChI=1S/C22H19Cl3N4O2/c1-11(2)19-18-21(29(28-19)20-15(24)9-13(23)10-16(20)25)26-17(27-22(18)30)8-12-5-4-6-14(7-12)31-3/h4-7,9-11,28H,8H2,1-3H3. The zero-order valence-electron chi connectivity index (χ0n) is 17.0. The van der Waals surface area contributed by atoms with Gasteiger partial charge in [-0.2, -0.15) is 4.98 Å². The van der Waals surface area contributed by atoms with Crippen molar-refractivity contribution in [3.05, 3.63) is 78.9 Å². The molecule has 2 aromatic rings. The summed E-state index contributed by atoms with van der Waals surface area (Å²) >= 11 is 19.0. The molecule has 0 amide bonds.